The average Bonchev–Trinajstić information content (AvgIpc) is 3.28. The third kappa shape index (κ3) is 4.24. The van der Waals surface area contributed by atoms with Crippen LogP contribution in [0.25, 0.3) is 17.4 Å². The summed E-state index contributed by atoms with van der Waals surface area (Å²) in [4.78, 5) is 25.5. The fourth-order valence-electron chi connectivity index (χ4n) is 2.87. The summed E-state index contributed by atoms with van der Waals surface area (Å²) in [7, 11) is 0. The van der Waals surface area contributed by atoms with Gasteiger partial charge in [-0.15, -0.1) is 0 Å². The highest BCUT2D eigenvalue weighted by Gasteiger charge is 2.34. The van der Waals surface area contributed by atoms with Gasteiger partial charge in [-0.3, -0.25) is 9.69 Å². The number of furan rings is 1. The number of rotatable bonds is 4. The van der Waals surface area contributed by atoms with Crippen molar-refractivity contribution in [2.75, 3.05) is 4.90 Å². The molecular formula is C21H10Cl2FNO4S2. The Labute approximate surface area is 195 Å². The van der Waals surface area contributed by atoms with E-state index in [0.717, 1.165) is 11.8 Å². The van der Waals surface area contributed by atoms with Crippen molar-refractivity contribution in [3.63, 3.8) is 0 Å². The van der Waals surface area contributed by atoms with Crippen LogP contribution in [0.1, 0.15) is 16.1 Å². The molecule has 0 spiro atoms. The lowest BCUT2D eigenvalue weighted by molar-refractivity contribution is -0.113. The minimum Gasteiger partial charge on any atom is -0.478 e. The van der Waals surface area contributed by atoms with Crippen LogP contribution in [-0.4, -0.2) is 21.3 Å². The molecule has 0 bridgehead atoms. The number of anilines is 1. The highest BCUT2D eigenvalue weighted by Crippen LogP contribution is 2.38. The zero-order valence-corrected chi connectivity index (χ0v) is 18.4. The maximum Gasteiger partial charge on any atom is 0.337 e. The molecule has 0 aliphatic carbocycles. The van der Waals surface area contributed by atoms with E-state index in [1.165, 1.54) is 35.2 Å². The first-order valence-corrected chi connectivity index (χ1v) is 10.6. The number of amides is 1. The molecule has 4 rings (SSSR count). The first-order chi connectivity index (χ1) is 14.7. The summed E-state index contributed by atoms with van der Waals surface area (Å²) in [5.41, 5.74) is 0.940. The van der Waals surface area contributed by atoms with Crippen molar-refractivity contribution in [1.29, 1.82) is 0 Å². The van der Waals surface area contributed by atoms with Crippen LogP contribution in [0.3, 0.4) is 0 Å². The van der Waals surface area contributed by atoms with Crippen LogP contribution >= 0.6 is 47.2 Å². The number of carbonyl (C=O) groups excluding carboxylic acids is 1. The number of benzene rings is 2. The molecular weight excluding hydrogens is 484 g/mol. The summed E-state index contributed by atoms with van der Waals surface area (Å²) in [6.07, 6.45) is 1.54. The molecule has 1 saturated heterocycles. The summed E-state index contributed by atoms with van der Waals surface area (Å²) in [6.45, 7) is 0. The highest BCUT2D eigenvalue weighted by molar-refractivity contribution is 8.27. The minimum atomic E-state index is -1.12. The standard InChI is InChI=1S/C21H10Cl2FNO4S2/c22-14-7-10(1-4-13(14)20(27)28)17-6-3-12(29-17)9-18-19(26)25(21(30)31-18)11-2-5-16(24)15(23)8-11/h1-9H,(H,27,28)/b18-9-. The van der Waals surface area contributed by atoms with Gasteiger partial charge in [0.1, 0.15) is 17.3 Å². The third-order valence-electron chi connectivity index (χ3n) is 4.34. The van der Waals surface area contributed by atoms with Crippen molar-refractivity contribution in [3.05, 3.63) is 80.6 Å². The highest BCUT2D eigenvalue weighted by atomic mass is 35.5. The largest absolute Gasteiger partial charge is 0.478 e. The minimum absolute atomic E-state index is 0.0123. The maximum absolute atomic E-state index is 13.4. The molecule has 156 valence electrons. The van der Waals surface area contributed by atoms with Crippen LogP contribution in [0.5, 0.6) is 0 Å². The van der Waals surface area contributed by atoms with E-state index in [9.17, 15) is 14.0 Å². The summed E-state index contributed by atoms with van der Waals surface area (Å²) in [6, 6.07) is 11.7. The Hall–Kier alpha value is -2.65. The second-order valence-corrected chi connectivity index (χ2v) is 8.81. The molecule has 2 aromatic carbocycles. The second kappa shape index (κ2) is 8.47. The monoisotopic (exact) mass is 493 g/mol. The fraction of sp³-hybridized carbons (Fsp3) is 0. The zero-order valence-electron chi connectivity index (χ0n) is 15.3. The molecule has 3 aromatic rings. The molecule has 0 radical (unpaired) electrons. The van der Waals surface area contributed by atoms with Crippen molar-refractivity contribution < 1.29 is 23.5 Å². The Kier molecular flexibility index (Phi) is 5.90. The molecule has 5 nitrogen and oxygen atoms in total. The summed E-state index contributed by atoms with van der Waals surface area (Å²) in [5.74, 6) is -1.26. The molecule has 1 aliphatic rings. The van der Waals surface area contributed by atoms with Gasteiger partial charge in [0.15, 0.2) is 4.32 Å². The van der Waals surface area contributed by atoms with E-state index in [1.807, 2.05) is 0 Å². The smallest absolute Gasteiger partial charge is 0.337 e. The lowest BCUT2D eigenvalue weighted by Crippen LogP contribution is -2.27. The number of aromatic carboxylic acids is 1. The van der Waals surface area contributed by atoms with Gasteiger partial charge in [0.25, 0.3) is 5.91 Å². The van der Waals surface area contributed by atoms with Crippen LogP contribution < -0.4 is 4.90 Å². The Morgan fingerprint density at radius 1 is 1.13 bits per heavy atom. The number of carbonyl (C=O) groups is 2. The van der Waals surface area contributed by atoms with E-state index >= 15 is 0 Å². The van der Waals surface area contributed by atoms with Crippen LogP contribution in [0.4, 0.5) is 10.1 Å². The third-order valence-corrected chi connectivity index (χ3v) is 6.24. The molecule has 1 aromatic heterocycles. The van der Waals surface area contributed by atoms with Gasteiger partial charge in [-0.05, 0) is 42.5 Å². The molecule has 0 atom stereocenters. The van der Waals surface area contributed by atoms with Gasteiger partial charge in [-0.1, -0.05) is 53.2 Å². The number of nitrogens with zero attached hydrogens (tertiary/aromatic N) is 1. The van der Waals surface area contributed by atoms with Crippen LogP contribution in [0.2, 0.25) is 10.0 Å². The molecule has 0 saturated carbocycles. The summed E-state index contributed by atoms with van der Waals surface area (Å²) in [5, 5.41) is 9.05. The van der Waals surface area contributed by atoms with Gasteiger partial charge in [-0.2, -0.15) is 0 Å². The fourth-order valence-corrected chi connectivity index (χ4v) is 4.59. The predicted octanol–water partition coefficient (Wildman–Crippen LogP) is 6.50. The number of halogens is 3. The van der Waals surface area contributed by atoms with Crippen LogP contribution in [0.15, 0.2) is 57.9 Å². The lowest BCUT2D eigenvalue weighted by Gasteiger charge is -2.14. The molecule has 1 aliphatic heterocycles. The Bertz CT molecular complexity index is 1290. The number of carboxylic acid groups (broad SMARTS) is 1. The number of thioether (sulfide) groups is 1. The van der Waals surface area contributed by atoms with Crippen molar-refractivity contribution in [3.8, 4) is 11.3 Å². The predicted molar refractivity (Wildman–Crippen MR) is 123 cm³/mol. The molecule has 10 heteroatoms. The van der Waals surface area contributed by atoms with Gasteiger partial charge in [0, 0.05) is 11.6 Å². The van der Waals surface area contributed by atoms with Gasteiger partial charge in [0.2, 0.25) is 0 Å². The van der Waals surface area contributed by atoms with Crippen molar-refractivity contribution in [1.82, 2.24) is 0 Å². The van der Waals surface area contributed by atoms with Gasteiger partial charge >= 0.3 is 5.97 Å². The van der Waals surface area contributed by atoms with E-state index < -0.39 is 11.8 Å². The van der Waals surface area contributed by atoms with Crippen molar-refractivity contribution in [2.45, 2.75) is 0 Å². The molecule has 2 heterocycles. The number of hydrogen-bond donors (Lipinski definition) is 1. The Morgan fingerprint density at radius 3 is 2.58 bits per heavy atom. The molecule has 1 N–H and O–H groups in total. The normalized spacial score (nSPS) is 15.2. The second-order valence-electron chi connectivity index (χ2n) is 6.32. The maximum atomic E-state index is 13.4. The van der Waals surface area contributed by atoms with Gasteiger partial charge in [-0.25, -0.2) is 9.18 Å². The number of thiocarbonyl (C=S) groups is 1. The van der Waals surface area contributed by atoms with E-state index in [2.05, 4.69) is 0 Å². The first kappa shape index (κ1) is 21.6. The number of carboxylic acids is 1. The SMILES string of the molecule is O=C(O)c1ccc(-c2ccc(/C=C3\SC(=S)N(c4ccc(F)c(Cl)c4)C3=O)o2)cc1Cl. The Morgan fingerprint density at radius 2 is 1.90 bits per heavy atom. The lowest BCUT2D eigenvalue weighted by atomic mass is 10.1. The topological polar surface area (TPSA) is 70.8 Å². The van der Waals surface area contributed by atoms with E-state index in [4.69, 9.17) is 44.9 Å². The van der Waals surface area contributed by atoms with Gasteiger partial charge in [0.05, 0.1) is 26.2 Å². The molecule has 0 unspecified atom stereocenters. The first-order valence-electron chi connectivity index (χ1n) is 8.60. The molecule has 1 fully saturated rings. The average molecular weight is 494 g/mol. The van der Waals surface area contributed by atoms with E-state index in [1.54, 1.807) is 24.3 Å². The van der Waals surface area contributed by atoms with Crippen LogP contribution in [0, 0.1) is 5.82 Å². The van der Waals surface area contributed by atoms with Crippen molar-refractivity contribution >= 4 is 75.1 Å². The number of hydrogen-bond acceptors (Lipinski definition) is 5. The summed E-state index contributed by atoms with van der Waals surface area (Å²) < 4.78 is 19.5. The van der Waals surface area contributed by atoms with Crippen LogP contribution in [-0.2, 0) is 4.79 Å². The quantitative estimate of drug-likeness (QED) is 0.330. The summed E-state index contributed by atoms with van der Waals surface area (Å²) >= 11 is 18.2. The van der Waals surface area contributed by atoms with E-state index in [-0.39, 0.29) is 25.8 Å². The van der Waals surface area contributed by atoms with E-state index in [0.29, 0.717) is 27.7 Å². The molecule has 31 heavy (non-hydrogen) atoms. The van der Waals surface area contributed by atoms with Crippen molar-refractivity contribution in [2.24, 2.45) is 0 Å². The zero-order chi connectivity index (χ0) is 22.3. The Balaban J connectivity index is 1.60. The molecule has 1 amide bonds. The van der Waals surface area contributed by atoms with Gasteiger partial charge < -0.3 is 9.52 Å².